The van der Waals surface area contributed by atoms with Crippen LogP contribution in [0.5, 0.6) is 0 Å². The number of fused-ring (bicyclic) bond motifs is 1. The van der Waals surface area contributed by atoms with E-state index in [9.17, 15) is 9.59 Å². The number of carbonyl (C=O) groups excluding carboxylic acids is 1. The van der Waals surface area contributed by atoms with Crippen LogP contribution >= 0.6 is 11.3 Å². The van der Waals surface area contributed by atoms with Gasteiger partial charge in [0.1, 0.15) is 0 Å². The highest BCUT2D eigenvalue weighted by molar-refractivity contribution is 7.10. The van der Waals surface area contributed by atoms with Crippen LogP contribution in [0, 0.1) is 6.92 Å². The van der Waals surface area contributed by atoms with Crippen molar-refractivity contribution in [1.29, 1.82) is 0 Å². The Bertz CT molecular complexity index is 1290. The van der Waals surface area contributed by atoms with Crippen LogP contribution in [0.1, 0.15) is 60.2 Å². The van der Waals surface area contributed by atoms with Gasteiger partial charge in [0.25, 0.3) is 5.56 Å². The molecule has 2 aromatic heterocycles. The van der Waals surface area contributed by atoms with Gasteiger partial charge in [0.05, 0.1) is 23.3 Å². The second kappa shape index (κ2) is 10.1. The van der Waals surface area contributed by atoms with Crippen molar-refractivity contribution in [2.45, 2.75) is 52.1 Å². The first-order valence-corrected chi connectivity index (χ1v) is 12.2. The Balaban J connectivity index is 1.43. The van der Waals surface area contributed by atoms with Crippen LogP contribution in [-0.4, -0.2) is 15.5 Å². The second-order valence-corrected chi connectivity index (χ2v) is 9.63. The van der Waals surface area contributed by atoms with Crippen LogP contribution in [0.25, 0.3) is 10.9 Å². The van der Waals surface area contributed by atoms with Gasteiger partial charge >= 0.3 is 0 Å². The van der Waals surface area contributed by atoms with Crippen molar-refractivity contribution in [1.82, 2.24) is 14.9 Å². The molecule has 33 heavy (non-hydrogen) atoms. The highest BCUT2D eigenvalue weighted by atomic mass is 32.1. The molecule has 1 amide bonds. The molecular formula is C27H29N3O2S. The van der Waals surface area contributed by atoms with Gasteiger partial charge in [-0.15, -0.1) is 11.3 Å². The Kier molecular flexibility index (Phi) is 7.04. The minimum Gasteiger partial charge on any atom is -0.344 e. The van der Waals surface area contributed by atoms with E-state index in [4.69, 9.17) is 0 Å². The molecule has 5 nitrogen and oxygen atoms in total. The summed E-state index contributed by atoms with van der Waals surface area (Å²) in [6.45, 7) is 6.75. The summed E-state index contributed by atoms with van der Waals surface area (Å²) in [6.07, 6.45) is 2.48. The molecule has 170 valence electrons. The molecule has 0 aliphatic carbocycles. The lowest BCUT2D eigenvalue weighted by atomic mass is 9.98. The monoisotopic (exact) mass is 459 g/mol. The first-order valence-electron chi connectivity index (χ1n) is 11.3. The number of hydrogen-bond donors (Lipinski definition) is 1. The zero-order valence-electron chi connectivity index (χ0n) is 19.2. The van der Waals surface area contributed by atoms with Crippen LogP contribution < -0.4 is 10.9 Å². The molecule has 0 saturated carbocycles. The van der Waals surface area contributed by atoms with Gasteiger partial charge in [0.2, 0.25) is 5.91 Å². The highest BCUT2D eigenvalue weighted by Crippen LogP contribution is 2.27. The van der Waals surface area contributed by atoms with Gasteiger partial charge in [0.15, 0.2) is 0 Å². The fourth-order valence-electron chi connectivity index (χ4n) is 3.99. The smallest absolute Gasteiger partial charge is 0.261 e. The Labute approximate surface area is 198 Å². The lowest BCUT2D eigenvalue weighted by molar-refractivity contribution is -0.121. The number of carbonyl (C=O) groups is 1. The van der Waals surface area contributed by atoms with Crippen LogP contribution in [0.4, 0.5) is 0 Å². The minimum atomic E-state index is -0.174. The molecule has 4 aromatic rings. The third kappa shape index (κ3) is 5.22. The third-order valence-corrected chi connectivity index (χ3v) is 6.86. The van der Waals surface area contributed by atoms with Crippen molar-refractivity contribution < 1.29 is 4.79 Å². The molecule has 0 aliphatic rings. The highest BCUT2D eigenvalue weighted by Gasteiger charge is 2.18. The van der Waals surface area contributed by atoms with Crippen LogP contribution in [0.3, 0.4) is 0 Å². The molecule has 4 rings (SSSR count). The Morgan fingerprint density at radius 1 is 1.06 bits per heavy atom. The molecule has 0 fully saturated rings. The first kappa shape index (κ1) is 22.9. The summed E-state index contributed by atoms with van der Waals surface area (Å²) < 4.78 is 1.59. The van der Waals surface area contributed by atoms with Crippen LogP contribution in [-0.2, 0) is 11.3 Å². The molecule has 0 saturated heterocycles. The predicted octanol–water partition coefficient (Wildman–Crippen LogP) is 5.58. The van der Waals surface area contributed by atoms with E-state index in [1.54, 1.807) is 28.3 Å². The van der Waals surface area contributed by atoms with Crippen molar-refractivity contribution >= 4 is 28.1 Å². The molecule has 1 N–H and O–H groups in total. The van der Waals surface area contributed by atoms with Crippen molar-refractivity contribution in [3.63, 3.8) is 0 Å². The quantitative estimate of drug-likeness (QED) is 0.374. The SMILES string of the molecule is Cc1cccc2c(=O)n(CCCC(=O)NC(c3ccc(C(C)C)cc3)c3cccs3)cnc12. The molecule has 2 heterocycles. The van der Waals surface area contributed by atoms with Crippen molar-refractivity contribution in [3.8, 4) is 0 Å². The van der Waals surface area contributed by atoms with E-state index in [2.05, 4.69) is 48.4 Å². The number of thiophene rings is 1. The summed E-state index contributed by atoms with van der Waals surface area (Å²) in [5, 5.41) is 5.83. The summed E-state index contributed by atoms with van der Waals surface area (Å²) in [5.74, 6) is 0.435. The van der Waals surface area contributed by atoms with Gasteiger partial charge in [-0.05, 0) is 53.5 Å². The summed E-state index contributed by atoms with van der Waals surface area (Å²) in [4.78, 5) is 31.1. The van der Waals surface area contributed by atoms with Crippen LogP contribution in [0.15, 0.2) is 71.1 Å². The summed E-state index contributed by atoms with van der Waals surface area (Å²) in [7, 11) is 0. The maximum absolute atomic E-state index is 12.8. The van der Waals surface area contributed by atoms with E-state index in [-0.39, 0.29) is 17.5 Å². The number of nitrogens with zero attached hydrogens (tertiary/aromatic N) is 2. The molecule has 0 spiro atoms. The number of hydrogen-bond acceptors (Lipinski definition) is 4. The van der Waals surface area contributed by atoms with E-state index >= 15 is 0 Å². The minimum absolute atomic E-state index is 0.0287. The van der Waals surface area contributed by atoms with Gasteiger partial charge in [-0.3, -0.25) is 14.2 Å². The Morgan fingerprint density at radius 3 is 2.52 bits per heavy atom. The van der Waals surface area contributed by atoms with Gasteiger partial charge in [-0.25, -0.2) is 4.98 Å². The fourth-order valence-corrected chi connectivity index (χ4v) is 4.79. The lowest BCUT2D eigenvalue weighted by Crippen LogP contribution is -2.29. The van der Waals surface area contributed by atoms with E-state index in [1.807, 2.05) is 36.6 Å². The van der Waals surface area contributed by atoms with Gasteiger partial charge in [-0.1, -0.05) is 56.3 Å². The number of aromatic nitrogens is 2. The summed E-state index contributed by atoms with van der Waals surface area (Å²) >= 11 is 1.63. The Morgan fingerprint density at radius 2 is 1.82 bits per heavy atom. The number of para-hydroxylation sites is 1. The number of rotatable bonds is 8. The zero-order chi connectivity index (χ0) is 23.4. The van der Waals surface area contributed by atoms with Crippen molar-refractivity contribution in [3.05, 3.63) is 98.2 Å². The number of aryl methyl sites for hydroxylation is 2. The van der Waals surface area contributed by atoms with Gasteiger partial charge in [-0.2, -0.15) is 0 Å². The fraction of sp³-hybridized carbons (Fsp3) is 0.296. The van der Waals surface area contributed by atoms with E-state index in [0.717, 1.165) is 21.5 Å². The van der Waals surface area contributed by atoms with Crippen LogP contribution in [0.2, 0.25) is 0 Å². The largest absolute Gasteiger partial charge is 0.344 e. The van der Waals surface area contributed by atoms with Crippen molar-refractivity contribution in [2.24, 2.45) is 0 Å². The average molecular weight is 460 g/mol. The molecule has 1 atom stereocenters. The second-order valence-electron chi connectivity index (χ2n) is 8.66. The number of amides is 1. The van der Waals surface area contributed by atoms with E-state index in [0.29, 0.717) is 30.7 Å². The van der Waals surface area contributed by atoms with E-state index in [1.165, 1.54) is 5.56 Å². The first-order chi connectivity index (χ1) is 15.9. The molecule has 0 aliphatic heterocycles. The maximum atomic E-state index is 12.8. The number of benzene rings is 2. The van der Waals surface area contributed by atoms with Crippen molar-refractivity contribution in [2.75, 3.05) is 0 Å². The average Bonchev–Trinajstić information content (AvgIpc) is 3.34. The molecule has 1 unspecified atom stereocenters. The third-order valence-electron chi connectivity index (χ3n) is 5.93. The maximum Gasteiger partial charge on any atom is 0.261 e. The summed E-state index contributed by atoms with van der Waals surface area (Å²) in [5.41, 5.74) is 4.00. The molecule has 0 radical (unpaired) electrons. The molecule has 6 heteroatoms. The predicted molar refractivity (Wildman–Crippen MR) is 135 cm³/mol. The summed E-state index contributed by atoms with van der Waals surface area (Å²) in [6, 6.07) is 18.0. The van der Waals surface area contributed by atoms with Gasteiger partial charge in [0, 0.05) is 17.8 Å². The molecule has 0 bridgehead atoms. The number of nitrogens with one attached hydrogen (secondary N) is 1. The van der Waals surface area contributed by atoms with E-state index < -0.39 is 0 Å². The molecule has 2 aromatic carbocycles. The molecular weight excluding hydrogens is 430 g/mol. The van der Waals surface area contributed by atoms with Gasteiger partial charge < -0.3 is 5.32 Å². The topological polar surface area (TPSA) is 64.0 Å². The standard InChI is InChI=1S/C27H29N3O2S/c1-18(2)20-11-13-21(14-12-20)26(23-9-6-16-33-23)29-24(31)10-5-15-30-17-28-25-19(3)7-4-8-22(25)27(30)32/h4,6-9,11-14,16-18,26H,5,10,15H2,1-3H3,(H,29,31). The zero-order valence-corrected chi connectivity index (χ0v) is 20.1. The Hall–Kier alpha value is -3.25. The lowest BCUT2D eigenvalue weighted by Gasteiger charge is -2.19. The normalized spacial score (nSPS) is 12.2.